The minimum atomic E-state index is -0.971. The second-order valence-electron chi connectivity index (χ2n) is 4.94. The van der Waals surface area contributed by atoms with Gasteiger partial charge in [-0.2, -0.15) is 0 Å². The number of thiazole rings is 1. The molecule has 0 radical (unpaired) electrons. The maximum Gasteiger partial charge on any atom is 0.295 e. The molecular formula is C11H16N4O3S. The highest BCUT2D eigenvalue weighted by Gasteiger charge is 2.29. The number of hydrogen-bond acceptors (Lipinski definition) is 7. The zero-order chi connectivity index (χ0) is 13.5. The molecule has 1 fully saturated rings. The van der Waals surface area contributed by atoms with Crippen molar-refractivity contribution in [3.8, 4) is 11.6 Å². The fourth-order valence-electron chi connectivity index (χ4n) is 1.89. The Kier molecular flexibility index (Phi) is 3.08. The van der Waals surface area contributed by atoms with E-state index in [1.165, 1.54) is 11.3 Å². The van der Waals surface area contributed by atoms with Crippen LogP contribution in [0.3, 0.4) is 0 Å². The molecule has 2 aromatic rings. The third-order valence-corrected chi connectivity index (χ3v) is 4.35. The third kappa shape index (κ3) is 2.38. The van der Waals surface area contributed by atoms with Crippen molar-refractivity contribution in [2.24, 2.45) is 0 Å². The van der Waals surface area contributed by atoms with E-state index in [0.29, 0.717) is 29.8 Å². The highest BCUT2D eigenvalue weighted by atomic mass is 32.1. The van der Waals surface area contributed by atoms with E-state index in [1.807, 2.05) is 0 Å². The molecule has 8 heteroatoms. The van der Waals surface area contributed by atoms with Gasteiger partial charge in [0, 0.05) is 13.1 Å². The first-order valence-corrected chi connectivity index (χ1v) is 6.93. The summed E-state index contributed by atoms with van der Waals surface area (Å²) in [6.07, 6.45) is 0. The van der Waals surface area contributed by atoms with Crippen molar-refractivity contribution >= 4 is 16.3 Å². The summed E-state index contributed by atoms with van der Waals surface area (Å²) in [4.78, 5) is 6.66. The Hall–Kier alpha value is -1.38. The number of aromatic amines is 1. The predicted octanol–water partition coefficient (Wildman–Crippen LogP) is 1.19. The molecule has 2 aromatic heterocycles. The van der Waals surface area contributed by atoms with Crippen LogP contribution in [0.15, 0.2) is 4.52 Å². The van der Waals surface area contributed by atoms with E-state index >= 15 is 0 Å². The SMILES string of the molecule is CC(C)(O)c1nc(-c2n[nH]o2)c(N2CCOCC2)s1. The number of anilines is 1. The van der Waals surface area contributed by atoms with Crippen LogP contribution in [0.4, 0.5) is 5.00 Å². The lowest BCUT2D eigenvalue weighted by Crippen LogP contribution is -2.36. The van der Waals surface area contributed by atoms with Crippen LogP contribution >= 0.6 is 11.3 Å². The van der Waals surface area contributed by atoms with Crippen molar-refractivity contribution in [2.75, 3.05) is 31.2 Å². The molecule has 0 unspecified atom stereocenters. The van der Waals surface area contributed by atoms with Crippen molar-refractivity contribution in [1.29, 1.82) is 0 Å². The average molecular weight is 284 g/mol. The third-order valence-electron chi connectivity index (χ3n) is 2.92. The highest BCUT2D eigenvalue weighted by Crippen LogP contribution is 2.39. The molecule has 1 aliphatic heterocycles. The topological polar surface area (TPSA) is 87.4 Å². The number of aromatic nitrogens is 3. The van der Waals surface area contributed by atoms with Gasteiger partial charge in [0.05, 0.1) is 13.2 Å². The lowest BCUT2D eigenvalue weighted by Gasteiger charge is -2.27. The molecule has 1 saturated heterocycles. The lowest BCUT2D eigenvalue weighted by molar-refractivity contribution is 0.0783. The molecule has 0 amide bonds. The summed E-state index contributed by atoms with van der Waals surface area (Å²) in [5.74, 6) is 0.466. The fraction of sp³-hybridized carbons (Fsp3) is 0.636. The van der Waals surface area contributed by atoms with Crippen molar-refractivity contribution in [3.05, 3.63) is 5.01 Å². The van der Waals surface area contributed by atoms with Gasteiger partial charge < -0.3 is 19.3 Å². The van der Waals surface area contributed by atoms with Crippen LogP contribution in [0.5, 0.6) is 0 Å². The van der Waals surface area contributed by atoms with E-state index in [1.54, 1.807) is 13.8 Å². The maximum atomic E-state index is 10.1. The number of hydrogen-bond donors (Lipinski definition) is 2. The second kappa shape index (κ2) is 4.62. The van der Waals surface area contributed by atoms with Gasteiger partial charge in [-0.05, 0) is 13.8 Å². The number of rotatable bonds is 3. The first kappa shape index (κ1) is 12.6. The molecule has 0 spiro atoms. The van der Waals surface area contributed by atoms with Crippen molar-refractivity contribution < 1.29 is 14.4 Å². The van der Waals surface area contributed by atoms with Gasteiger partial charge in [-0.1, -0.05) is 11.3 Å². The number of aliphatic hydroxyl groups is 1. The Balaban J connectivity index is 2.00. The normalized spacial score (nSPS) is 17.1. The molecule has 3 rings (SSSR count). The van der Waals surface area contributed by atoms with Crippen LogP contribution in [-0.4, -0.2) is 46.8 Å². The molecule has 1 aliphatic rings. The standard InChI is InChI=1S/C11H16N4O3S/c1-11(2,16)10-12-7(8-13-14-18-8)9(19-10)15-3-5-17-6-4-15/h14,16H,3-6H2,1-2H3. The van der Waals surface area contributed by atoms with Crippen LogP contribution in [0.1, 0.15) is 18.9 Å². The summed E-state index contributed by atoms with van der Waals surface area (Å²) in [7, 11) is 0. The molecule has 0 bridgehead atoms. The van der Waals surface area contributed by atoms with E-state index in [2.05, 4.69) is 20.3 Å². The van der Waals surface area contributed by atoms with E-state index in [-0.39, 0.29) is 0 Å². The van der Waals surface area contributed by atoms with Gasteiger partial charge in [0.15, 0.2) is 5.69 Å². The summed E-state index contributed by atoms with van der Waals surface area (Å²) in [5.41, 5.74) is -0.287. The number of nitrogens with one attached hydrogen (secondary N) is 1. The summed E-state index contributed by atoms with van der Waals surface area (Å²) in [6.45, 7) is 6.45. The molecule has 0 atom stereocenters. The number of ether oxygens (including phenoxy) is 1. The summed E-state index contributed by atoms with van der Waals surface area (Å²) < 4.78 is 10.4. The molecule has 0 saturated carbocycles. The van der Waals surface area contributed by atoms with Crippen LogP contribution < -0.4 is 4.90 Å². The van der Waals surface area contributed by atoms with E-state index in [9.17, 15) is 5.11 Å². The Labute approximate surface area is 114 Å². The van der Waals surface area contributed by atoms with Crippen LogP contribution in [0, 0.1) is 0 Å². The molecule has 0 aromatic carbocycles. The Bertz CT molecular complexity index is 539. The van der Waals surface area contributed by atoms with Crippen LogP contribution in [0.25, 0.3) is 11.6 Å². The van der Waals surface area contributed by atoms with Gasteiger partial charge >= 0.3 is 0 Å². The van der Waals surface area contributed by atoms with Gasteiger partial charge in [-0.15, -0.1) is 10.4 Å². The van der Waals surface area contributed by atoms with Crippen LogP contribution in [0.2, 0.25) is 0 Å². The molecule has 104 valence electrons. The average Bonchev–Trinajstić information content (AvgIpc) is 2.72. The molecule has 19 heavy (non-hydrogen) atoms. The lowest BCUT2D eigenvalue weighted by atomic mass is 10.1. The smallest absolute Gasteiger partial charge is 0.295 e. The van der Waals surface area contributed by atoms with Gasteiger partial charge in [-0.3, -0.25) is 0 Å². The van der Waals surface area contributed by atoms with Gasteiger partial charge in [0.25, 0.3) is 5.89 Å². The molecule has 2 N–H and O–H groups in total. The van der Waals surface area contributed by atoms with E-state index in [4.69, 9.17) is 9.26 Å². The Morgan fingerprint density at radius 3 is 2.58 bits per heavy atom. The zero-order valence-corrected chi connectivity index (χ0v) is 11.7. The minimum Gasteiger partial charge on any atom is -0.383 e. The molecule has 7 nitrogen and oxygen atoms in total. The zero-order valence-electron chi connectivity index (χ0n) is 10.8. The number of morpholine rings is 1. The Morgan fingerprint density at radius 2 is 2.05 bits per heavy atom. The minimum absolute atomic E-state index is 0.466. The van der Waals surface area contributed by atoms with E-state index in [0.717, 1.165) is 18.1 Å². The highest BCUT2D eigenvalue weighted by molar-refractivity contribution is 7.16. The van der Waals surface area contributed by atoms with Crippen molar-refractivity contribution in [1.82, 2.24) is 15.4 Å². The second-order valence-corrected chi connectivity index (χ2v) is 5.92. The van der Waals surface area contributed by atoms with Gasteiger partial charge in [-0.25, -0.2) is 4.98 Å². The first-order valence-electron chi connectivity index (χ1n) is 6.12. The summed E-state index contributed by atoms with van der Waals surface area (Å²) in [6, 6.07) is 0. The fourth-order valence-corrected chi connectivity index (χ4v) is 3.00. The number of H-pyrrole nitrogens is 1. The predicted molar refractivity (Wildman–Crippen MR) is 70.2 cm³/mol. The quantitative estimate of drug-likeness (QED) is 0.880. The molecule has 3 heterocycles. The van der Waals surface area contributed by atoms with E-state index < -0.39 is 5.60 Å². The maximum absolute atomic E-state index is 10.1. The monoisotopic (exact) mass is 284 g/mol. The summed E-state index contributed by atoms with van der Waals surface area (Å²) >= 11 is 1.47. The van der Waals surface area contributed by atoms with Crippen molar-refractivity contribution in [3.63, 3.8) is 0 Å². The van der Waals surface area contributed by atoms with Gasteiger partial charge in [0.1, 0.15) is 15.6 Å². The first-order chi connectivity index (χ1) is 9.05. The Morgan fingerprint density at radius 1 is 1.37 bits per heavy atom. The largest absolute Gasteiger partial charge is 0.383 e. The molecular weight excluding hydrogens is 268 g/mol. The van der Waals surface area contributed by atoms with Crippen LogP contribution in [-0.2, 0) is 10.3 Å². The van der Waals surface area contributed by atoms with Crippen molar-refractivity contribution in [2.45, 2.75) is 19.4 Å². The van der Waals surface area contributed by atoms with Gasteiger partial charge in [0.2, 0.25) is 0 Å². The molecule has 0 aliphatic carbocycles. The summed E-state index contributed by atoms with van der Waals surface area (Å²) in [5, 5.41) is 18.1. The number of nitrogens with zero attached hydrogens (tertiary/aromatic N) is 3.